The lowest BCUT2D eigenvalue weighted by atomic mass is 9.84. The van der Waals surface area contributed by atoms with Gasteiger partial charge in [0.25, 0.3) is 0 Å². The van der Waals surface area contributed by atoms with E-state index in [1.807, 2.05) is 0 Å². The smallest absolute Gasteiger partial charge is 0.493 e. The van der Waals surface area contributed by atoms with Crippen molar-refractivity contribution >= 4 is 17.8 Å². The molecule has 0 saturated heterocycles. The fraction of sp³-hybridized carbons (Fsp3) is 0.464. The Balaban J connectivity index is 1.68. The molecular weight excluding hydrogens is 548 g/mol. The lowest BCUT2D eigenvalue weighted by molar-refractivity contribution is -0.275. The molecule has 0 aliphatic heterocycles. The van der Waals surface area contributed by atoms with Gasteiger partial charge in [-0.1, -0.05) is 44.2 Å². The maximum Gasteiger partial charge on any atom is 0.573 e. The van der Waals surface area contributed by atoms with Crippen LogP contribution in [-0.2, 0) is 22.6 Å². The van der Waals surface area contributed by atoms with Gasteiger partial charge in [0.2, 0.25) is 11.8 Å². The number of guanidine groups is 1. The molecule has 0 radical (unpaired) electrons. The predicted octanol–water partition coefficient (Wildman–Crippen LogP) is 4.37. The van der Waals surface area contributed by atoms with Gasteiger partial charge in [-0.2, -0.15) is 0 Å². The number of rotatable bonds is 11. The third-order valence-electron chi connectivity index (χ3n) is 6.65. The third kappa shape index (κ3) is 10.1. The normalized spacial score (nSPS) is 15.1. The number of amides is 2. The highest BCUT2D eigenvalue weighted by atomic mass is 19.4. The SMILES string of the molecule is COc1ccc(CC(=O)NC(N)=NC(CC2CCCCC2)C(=O)NCc2ccc(F)c(OC(F)(F)F)c2)cc1OC. The van der Waals surface area contributed by atoms with Crippen LogP contribution in [0.2, 0.25) is 0 Å². The zero-order valence-electron chi connectivity index (χ0n) is 22.9. The van der Waals surface area contributed by atoms with Gasteiger partial charge in [-0.25, -0.2) is 9.38 Å². The molecule has 1 aliphatic carbocycles. The summed E-state index contributed by atoms with van der Waals surface area (Å²) in [6.45, 7) is -0.199. The minimum atomic E-state index is -5.07. The van der Waals surface area contributed by atoms with Crippen LogP contribution in [0.3, 0.4) is 0 Å². The van der Waals surface area contributed by atoms with Crippen LogP contribution in [0.15, 0.2) is 41.4 Å². The van der Waals surface area contributed by atoms with Crippen molar-refractivity contribution in [1.82, 2.24) is 10.6 Å². The number of nitrogens with one attached hydrogen (secondary N) is 2. The Hall–Kier alpha value is -4.03. The molecule has 13 heteroatoms. The van der Waals surface area contributed by atoms with Gasteiger partial charge >= 0.3 is 6.36 Å². The van der Waals surface area contributed by atoms with E-state index >= 15 is 0 Å². The van der Waals surface area contributed by atoms with E-state index in [9.17, 15) is 27.2 Å². The van der Waals surface area contributed by atoms with Crippen molar-refractivity contribution in [2.45, 2.75) is 63.9 Å². The van der Waals surface area contributed by atoms with Crippen molar-refractivity contribution in [1.29, 1.82) is 0 Å². The molecule has 1 fully saturated rings. The average molecular weight is 583 g/mol. The average Bonchev–Trinajstić information content (AvgIpc) is 2.92. The molecule has 1 saturated carbocycles. The van der Waals surface area contributed by atoms with Crippen LogP contribution in [0.4, 0.5) is 17.6 Å². The van der Waals surface area contributed by atoms with E-state index in [0.717, 1.165) is 44.2 Å². The van der Waals surface area contributed by atoms with Crippen LogP contribution in [-0.4, -0.2) is 44.4 Å². The van der Waals surface area contributed by atoms with Crippen LogP contribution in [0.5, 0.6) is 17.2 Å². The maximum absolute atomic E-state index is 13.8. The Bertz CT molecular complexity index is 1230. The first-order valence-electron chi connectivity index (χ1n) is 13.1. The van der Waals surface area contributed by atoms with Gasteiger partial charge in [-0.05, 0) is 47.7 Å². The van der Waals surface area contributed by atoms with Gasteiger partial charge in [-0.15, -0.1) is 13.2 Å². The fourth-order valence-electron chi connectivity index (χ4n) is 4.69. The number of benzene rings is 2. The van der Waals surface area contributed by atoms with E-state index in [-0.39, 0.29) is 30.4 Å². The summed E-state index contributed by atoms with van der Waals surface area (Å²) < 4.78 is 65.6. The van der Waals surface area contributed by atoms with Gasteiger partial charge in [0.1, 0.15) is 6.04 Å². The molecule has 2 aromatic rings. The summed E-state index contributed by atoms with van der Waals surface area (Å²) in [5, 5.41) is 5.12. The first kappa shape index (κ1) is 31.5. The van der Waals surface area contributed by atoms with Crippen molar-refractivity contribution < 1.29 is 41.4 Å². The van der Waals surface area contributed by atoms with Gasteiger partial charge in [0.15, 0.2) is 29.0 Å². The van der Waals surface area contributed by atoms with Crippen LogP contribution >= 0.6 is 0 Å². The molecule has 1 aliphatic rings. The highest BCUT2D eigenvalue weighted by Crippen LogP contribution is 2.30. The summed E-state index contributed by atoms with van der Waals surface area (Å²) in [5.74, 6) is -2.23. The lowest BCUT2D eigenvalue weighted by Crippen LogP contribution is -2.42. The van der Waals surface area contributed by atoms with Gasteiger partial charge < -0.3 is 25.3 Å². The number of halogens is 4. The largest absolute Gasteiger partial charge is 0.573 e. The predicted molar refractivity (Wildman–Crippen MR) is 143 cm³/mol. The Labute approximate surface area is 235 Å². The van der Waals surface area contributed by atoms with Crippen molar-refractivity contribution in [3.63, 3.8) is 0 Å². The van der Waals surface area contributed by atoms with E-state index in [0.29, 0.717) is 23.5 Å². The quantitative estimate of drug-likeness (QED) is 0.205. The second-order valence-corrected chi connectivity index (χ2v) is 9.71. The number of carbonyl (C=O) groups excluding carboxylic acids is 2. The monoisotopic (exact) mass is 582 g/mol. The van der Waals surface area contributed by atoms with E-state index in [4.69, 9.17) is 15.2 Å². The Morgan fingerprint density at radius 3 is 2.32 bits per heavy atom. The van der Waals surface area contributed by atoms with Crippen molar-refractivity contribution in [2.75, 3.05) is 14.2 Å². The van der Waals surface area contributed by atoms with Gasteiger partial charge in [-0.3, -0.25) is 14.9 Å². The van der Waals surface area contributed by atoms with Crippen molar-refractivity contribution in [3.8, 4) is 17.2 Å². The molecule has 4 N–H and O–H groups in total. The molecule has 1 unspecified atom stereocenters. The summed E-state index contributed by atoms with van der Waals surface area (Å²) in [6.07, 6.45) is 0.270. The molecule has 2 aromatic carbocycles. The highest BCUT2D eigenvalue weighted by molar-refractivity contribution is 5.98. The maximum atomic E-state index is 13.8. The minimum absolute atomic E-state index is 0.0387. The standard InChI is InChI=1S/C28H34F4N4O5/c1-39-22-11-9-18(13-24(22)40-2)15-25(37)36-27(33)35-21(12-17-6-4-3-5-7-17)26(38)34-16-19-8-10-20(29)23(14-19)41-28(30,31)32/h8-11,13-14,17,21H,3-7,12,15-16H2,1-2H3,(H,34,38)(H3,33,35,36,37). The van der Waals surface area contributed by atoms with E-state index in [1.54, 1.807) is 18.2 Å². The van der Waals surface area contributed by atoms with E-state index in [2.05, 4.69) is 20.4 Å². The number of carbonyl (C=O) groups is 2. The number of nitrogens with two attached hydrogens (primary N) is 1. The molecule has 224 valence electrons. The second kappa shape index (κ2) is 14.6. The summed E-state index contributed by atoms with van der Waals surface area (Å²) in [6, 6.07) is 7.01. The van der Waals surface area contributed by atoms with Crippen LogP contribution in [0.25, 0.3) is 0 Å². The molecule has 9 nitrogen and oxygen atoms in total. The third-order valence-corrected chi connectivity index (χ3v) is 6.65. The number of methoxy groups -OCH3 is 2. The summed E-state index contributed by atoms with van der Waals surface area (Å²) >= 11 is 0. The minimum Gasteiger partial charge on any atom is -0.493 e. The second-order valence-electron chi connectivity index (χ2n) is 9.71. The Kier molecular flexibility index (Phi) is 11.2. The highest BCUT2D eigenvalue weighted by Gasteiger charge is 2.32. The topological polar surface area (TPSA) is 124 Å². The molecule has 0 bridgehead atoms. The summed E-state index contributed by atoms with van der Waals surface area (Å²) in [7, 11) is 2.98. The number of aliphatic imine (C=N–C) groups is 1. The zero-order chi connectivity index (χ0) is 30.0. The number of ether oxygens (including phenoxy) is 3. The molecule has 2 amide bonds. The van der Waals surface area contributed by atoms with E-state index < -0.39 is 35.8 Å². The molecule has 41 heavy (non-hydrogen) atoms. The molecule has 0 aromatic heterocycles. The Morgan fingerprint density at radius 1 is 1.00 bits per heavy atom. The van der Waals surface area contributed by atoms with Crippen molar-refractivity contribution in [3.05, 3.63) is 53.3 Å². The fourth-order valence-corrected chi connectivity index (χ4v) is 4.69. The van der Waals surface area contributed by atoms with E-state index in [1.165, 1.54) is 20.3 Å². The lowest BCUT2D eigenvalue weighted by Gasteiger charge is -2.24. The van der Waals surface area contributed by atoms with Crippen molar-refractivity contribution in [2.24, 2.45) is 16.6 Å². The van der Waals surface area contributed by atoms with Crippen LogP contribution < -0.4 is 30.6 Å². The number of alkyl halides is 3. The Morgan fingerprint density at radius 2 is 1.66 bits per heavy atom. The first-order chi connectivity index (χ1) is 19.5. The number of hydrogen-bond acceptors (Lipinski definition) is 6. The van der Waals surface area contributed by atoms with Gasteiger partial charge in [0.05, 0.1) is 20.6 Å². The molecule has 3 rings (SSSR count). The summed E-state index contributed by atoms with van der Waals surface area (Å²) in [5.41, 5.74) is 6.83. The van der Waals surface area contributed by atoms with Crippen LogP contribution in [0, 0.1) is 11.7 Å². The van der Waals surface area contributed by atoms with Crippen LogP contribution in [0.1, 0.15) is 49.7 Å². The summed E-state index contributed by atoms with van der Waals surface area (Å²) in [4.78, 5) is 30.0. The first-order valence-corrected chi connectivity index (χ1v) is 13.1. The molecule has 0 heterocycles. The number of hydrogen-bond donors (Lipinski definition) is 3. The number of nitrogens with zero attached hydrogens (tertiary/aromatic N) is 1. The molecule has 0 spiro atoms. The zero-order valence-corrected chi connectivity index (χ0v) is 22.9. The molecule has 1 atom stereocenters. The van der Waals surface area contributed by atoms with Gasteiger partial charge in [0, 0.05) is 6.54 Å². The molecular formula is C28H34F4N4O5.